The van der Waals surface area contributed by atoms with E-state index >= 15 is 0 Å². The number of aromatic amines is 2. The molecule has 0 saturated carbocycles. The molecule has 0 aliphatic heterocycles. The molecule has 0 radical (unpaired) electrons. The molecule has 0 aliphatic carbocycles. The third-order valence-electron chi connectivity index (χ3n) is 4.95. The Labute approximate surface area is 170 Å². The smallest absolute Gasteiger partial charge is 0.249 e. The first-order valence-corrected chi connectivity index (χ1v) is 9.64. The molecule has 0 fully saturated rings. The van der Waals surface area contributed by atoms with Crippen LogP contribution in [-0.4, -0.2) is 25.1 Å². The zero-order valence-corrected chi connectivity index (χ0v) is 16.3. The van der Waals surface area contributed by atoms with Crippen LogP contribution in [0.5, 0.6) is 0 Å². The van der Waals surface area contributed by atoms with Gasteiger partial charge in [0.05, 0.1) is 28.1 Å². The van der Waals surface area contributed by atoms with Crippen LogP contribution in [0.4, 0.5) is 0 Å². The number of H-pyrrole nitrogens is 2. The third kappa shape index (κ3) is 2.98. The molecular weight excluding hydrogens is 386 g/mol. The van der Waals surface area contributed by atoms with Gasteiger partial charge in [0.15, 0.2) is 5.65 Å². The first kappa shape index (κ1) is 17.6. The van der Waals surface area contributed by atoms with Crippen molar-refractivity contribution in [2.24, 2.45) is 0 Å². The second kappa shape index (κ2) is 6.83. The summed E-state index contributed by atoms with van der Waals surface area (Å²) in [5.41, 5.74) is 5.75. The number of aromatic nitrogens is 5. The summed E-state index contributed by atoms with van der Waals surface area (Å²) in [5.74, 6) is 0. The maximum Gasteiger partial charge on any atom is 0.249 e. The van der Waals surface area contributed by atoms with Gasteiger partial charge in [-0.25, -0.2) is 9.97 Å². The maximum atomic E-state index is 12.1. The number of halogens is 1. The molecule has 142 valence electrons. The van der Waals surface area contributed by atoms with Gasteiger partial charge in [0, 0.05) is 22.6 Å². The van der Waals surface area contributed by atoms with Crippen molar-refractivity contribution in [3.05, 3.63) is 75.7 Å². The number of nitrogens with zero attached hydrogens (tertiary/aromatic N) is 3. The zero-order valence-electron chi connectivity index (χ0n) is 15.5. The molecule has 2 aromatic carbocycles. The van der Waals surface area contributed by atoms with E-state index in [0.29, 0.717) is 34.0 Å². The highest BCUT2D eigenvalue weighted by atomic mass is 35.5. The van der Waals surface area contributed by atoms with Crippen molar-refractivity contribution in [2.75, 3.05) is 0 Å². The first-order valence-electron chi connectivity index (χ1n) is 9.26. The topological polar surface area (TPSA) is 87.3 Å². The minimum absolute atomic E-state index is 0.182. The van der Waals surface area contributed by atoms with Crippen molar-refractivity contribution in [3.63, 3.8) is 0 Å². The van der Waals surface area contributed by atoms with Gasteiger partial charge < -0.3 is 4.98 Å². The summed E-state index contributed by atoms with van der Waals surface area (Å²) in [4.78, 5) is 24.6. The number of aryl methyl sites for hydroxylation is 1. The number of hydrogen-bond donors (Lipinski definition) is 2. The number of nitrogens with one attached hydrogen (secondary N) is 2. The minimum Gasteiger partial charge on any atom is -0.305 e. The van der Waals surface area contributed by atoms with Gasteiger partial charge in [-0.2, -0.15) is 5.10 Å². The molecule has 3 aromatic heterocycles. The second-order valence-electron chi connectivity index (χ2n) is 6.79. The molecule has 5 aromatic rings. The Kier molecular flexibility index (Phi) is 4.14. The van der Waals surface area contributed by atoms with Crippen LogP contribution < -0.4 is 5.56 Å². The van der Waals surface area contributed by atoms with Crippen molar-refractivity contribution >= 4 is 33.7 Å². The van der Waals surface area contributed by atoms with Crippen LogP contribution in [0.25, 0.3) is 44.6 Å². The average molecular weight is 402 g/mol. The largest absolute Gasteiger partial charge is 0.305 e. The predicted molar refractivity (Wildman–Crippen MR) is 115 cm³/mol. The molecule has 5 rings (SSSR count). The molecule has 7 heteroatoms. The second-order valence-corrected chi connectivity index (χ2v) is 7.20. The van der Waals surface area contributed by atoms with Crippen molar-refractivity contribution in [1.82, 2.24) is 25.1 Å². The van der Waals surface area contributed by atoms with E-state index in [2.05, 4.69) is 15.2 Å². The van der Waals surface area contributed by atoms with Crippen LogP contribution in [0.2, 0.25) is 5.02 Å². The van der Waals surface area contributed by atoms with E-state index in [1.54, 1.807) is 12.3 Å². The van der Waals surface area contributed by atoms with Gasteiger partial charge in [-0.1, -0.05) is 48.9 Å². The molecule has 6 nitrogen and oxygen atoms in total. The average Bonchev–Trinajstić information content (AvgIpc) is 3.22. The van der Waals surface area contributed by atoms with Crippen LogP contribution in [0, 0.1) is 0 Å². The molecule has 0 saturated heterocycles. The van der Waals surface area contributed by atoms with Gasteiger partial charge in [0.2, 0.25) is 5.56 Å². The Bertz CT molecular complexity index is 1420. The predicted octanol–water partition coefficient (Wildman–Crippen LogP) is 4.74. The summed E-state index contributed by atoms with van der Waals surface area (Å²) in [7, 11) is 0. The Balaban J connectivity index is 1.88. The number of benzene rings is 2. The highest BCUT2D eigenvalue weighted by molar-refractivity contribution is 6.35. The van der Waals surface area contributed by atoms with Gasteiger partial charge >= 0.3 is 0 Å². The standard InChI is InChI=1S/C22H16ClN5O/c1-2-12-10-17(29)25-22-21(12)26-20(19(27-22)13-6-4-3-5-7-13)14-8-15-11-24-28-18(15)16(23)9-14/h3-11H,2H2,1H3,(H,24,28)(H,25,27,29). The number of fused-ring (bicyclic) bond motifs is 2. The fourth-order valence-electron chi connectivity index (χ4n) is 3.54. The quantitative estimate of drug-likeness (QED) is 0.457. The van der Waals surface area contributed by atoms with E-state index in [1.165, 1.54) is 0 Å². The summed E-state index contributed by atoms with van der Waals surface area (Å²) in [6.07, 6.45) is 2.41. The lowest BCUT2D eigenvalue weighted by Crippen LogP contribution is -2.09. The van der Waals surface area contributed by atoms with Gasteiger partial charge in [0.1, 0.15) is 5.52 Å². The molecule has 0 amide bonds. The number of pyridine rings is 1. The van der Waals surface area contributed by atoms with Crippen molar-refractivity contribution < 1.29 is 0 Å². The molecule has 3 heterocycles. The monoisotopic (exact) mass is 401 g/mol. The lowest BCUT2D eigenvalue weighted by molar-refractivity contribution is 1.10. The van der Waals surface area contributed by atoms with Crippen LogP contribution in [-0.2, 0) is 6.42 Å². The first-order chi connectivity index (χ1) is 14.1. The number of hydrogen-bond acceptors (Lipinski definition) is 4. The Morgan fingerprint density at radius 1 is 1.00 bits per heavy atom. The normalized spacial score (nSPS) is 11.4. The molecule has 29 heavy (non-hydrogen) atoms. The van der Waals surface area contributed by atoms with Gasteiger partial charge in [-0.3, -0.25) is 9.89 Å². The molecule has 0 spiro atoms. The van der Waals surface area contributed by atoms with E-state index in [4.69, 9.17) is 21.6 Å². The summed E-state index contributed by atoms with van der Waals surface area (Å²) >= 11 is 6.48. The van der Waals surface area contributed by atoms with Gasteiger partial charge in [-0.15, -0.1) is 0 Å². The van der Waals surface area contributed by atoms with Crippen LogP contribution in [0.15, 0.2) is 59.5 Å². The third-order valence-corrected chi connectivity index (χ3v) is 5.25. The van der Waals surface area contributed by atoms with Crippen molar-refractivity contribution in [1.29, 1.82) is 0 Å². The molecule has 0 bridgehead atoms. The molecule has 0 aliphatic rings. The van der Waals surface area contributed by atoms with E-state index in [9.17, 15) is 4.79 Å². The van der Waals surface area contributed by atoms with Crippen LogP contribution in [0.1, 0.15) is 12.5 Å². The minimum atomic E-state index is -0.182. The highest BCUT2D eigenvalue weighted by Crippen LogP contribution is 2.35. The summed E-state index contributed by atoms with van der Waals surface area (Å²) in [6, 6.07) is 15.2. The zero-order chi connectivity index (χ0) is 20.0. The molecule has 0 unspecified atom stereocenters. The Morgan fingerprint density at radius 2 is 1.79 bits per heavy atom. The van der Waals surface area contributed by atoms with E-state index in [0.717, 1.165) is 27.6 Å². The molecule has 2 N–H and O–H groups in total. The maximum absolute atomic E-state index is 12.1. The van der Waals surface area contributed by atoms with Crippen molar-refractivity contribution in [2.45, 2.75) is 13.3 Å². The van der Waals surface area contributed by atoms with E-state index < -0.39 is 0 Å². The summed E-state index contributed by atoms with van der Waals surface area (Å²) < 4.78 is 0. The summed E-state index contributed by atoms with van der Waals surface area (Å²) in [5, 5.41) is 8.45. The Morgan fingerprint density at radius 3 is 2.59 bits per heavy atom. The SMILES string of the molecule is CCc1cc(=O)[nH]c2nc(-c3ccccc3)c(-c3cc(Cl)c4[nH]ncc4c3)nc12. The lowest BCUT2D eigenvalue weighted by atomic mass is 10.0. The van der Waals surface area contributed by atoms with Crippen LogP contribution in [0.3, 0.4) is 0 Å². The van der Waals surface area contributed by atoms with Gasteiger partial charge in [-0.05, 0) is 24.1 Å². The summed E-state index contributed by atoms with van der Waals surface area (Å²) in [6.45, 7) is 2.00. The number of rotatable bonds is 3. The van der Waals surface area contributed by atoms with Crippen molar-refractivity contribution in [3.8, 4) is 22.5 Å². The van der Waals surface area contributed by atoms with Crippen LogP contribution >= 0.6 is 11.6 Å². The highest BCUT2D eigenvalue weighted by Gasteiger charge is 2.17. The molecule has 0 atom stereocenters. The fraction of sp³-hybridized carbons (Fsp3) is 0.0909. The fourth-order valence-corrected chi connectivity index (χ4v) is 3.81. The van der Waals surface area contributed by atoms with E-state index in [-0.39, 0.29) is 5.56 Å². The lowest BCUT2D eigenvalue weighted by Gasteiger charge is -2.12. The Hall–Kier alpha value is -3.51. The van der Waals surface area contributed by atoms with E-state index in [1.807, 2.05) is 49.4 Å². The van der Waals surface area contributed by atoms with Gasteiger partial charge in [0.25, 0.3) is 0 Å². The molecular formula is C22H16ClN5O.